The molecular formula is C15H22N6. The van der Waals surface area contributed by atoms with E-state index in [9.17, 15) is 0 Å². The first-order chi connectivity index (χ1) is 10.4. The fraction of sp³-hybridized carbons (Fsp3) is 0.533. The van der Waals surface area contributed by atoms with Gasteiger partial charge in [-0.3, -0.25) is 0 Å². The van der Waals surface area contributed by atoms with Crippen LogP contribution in [0.25, 0.3) is 0 Å². The van der Waals surface area contributed by atoms with Crippen LogP contribution < -0.4 is 10.2 Å². The molecule has 6 nitrogen and oxygen atoms in total. The van der Waals surface area contributed by atoms with Crippen molar-refractivity contribution in [2.45, 2.75) is 38.9 Å². The number of aromatic nitrogens is 4. The summed E-state index contributed by atoms with van der Waals surface area (Å²) >= 11 is 0. The Morgan fingerprint density at radius 3 is 3.14 bits per heavy atom. The SMILES string of the molecule is CCn1ccnc1CNC1CCCN(c2cccnn2)C1. The summed E-state index contributed by atoms with van der Waals surface area (Å²) in [5, 5.41) is 11.8. The molecule has 1 saturated heterocycles. The molecule has 1 aliphatic heterocycles. The van der Waals surface area contributed by atoms with Crippen LogP contribution in [0.3, 0.4) is 0 Å². The van der Waals surface area contributed by atoms with Gasteiger partial charge in [0, 0.05) is 44.3 Å². The summed E-state index contributed by atoms with van der Waals surface area (Å²) in [5.74, 6) is 2.08. The topological polar surface area (TPSA) is 58.9 Å². The number of nitrogens with zero attached hydrogens (tertiary/aromatic N) is 5. The van der Waals surface area contributed by atoms with Gasteiger partial charge in [-0.1, -0.05) is 0 Å². The monoisotopic (exact) mass is 286 g/mol. The summed E-state index contributed by atoms with van der Waals surface area (Å²) in [4.78, 5) is 6.72. The molecule has 0 radical (unpaired) electrons. The van der Waals surface area contributed by atoms with Gasteiger partial charge in [0.15, 0.2) is 5.82 Å². The Morgan fingerprint density at radius 1 is 1.38 bits per heavy atom. The van der Waals surface area contributed by atoms with Crippen molar-refractivity contribution < 1.29 is 0 Å². The van der Waals surface area contributed by atoms with E-state index >= 15 is 0 Å². The summed E-state index contributed by atoms with van der Waals surface area (Å²) < 4.78 is 2.18. The lowest BCUT2D eigenvalue weighted by Gasteiger charge is -2.33. The molecule has 3 rings (SSSR count). The lowest BCUT2D eigenvalue weighted by atomic mass is 10.1. The smallest absolute Gasteiger partial charge is 0.151 e. The Balaban J connectivity index is 1.57. The summed E-state index contributed by atoms with van der Waals surface area (Å²) in [5.41, 5.74) is 0. The lowest BCUT2D eigenvalue weighted by molar-refractivity contribution is 0.411. The molecule has 6 heteroatoms. The van der Waals surface area contributed by atoms with Crippen molar-refractivity contribution in [1.82, 2.24) is 25.1 Å². The van der Waals surface area contributed by atoms with Crippen molar-refractivity contribution in [2.24, 2.45) is 0 Å². The Morgan fingerprint density at radius 2 is 2.33 bits per heavy atom. The van der Waals surface area contributed by atoms with E-state index in [4.69, 9.17) is 0 Å². The molecule has 2 aromatic rings. The van der Waals surface area contributed by atoms with Crippen LogP contribution in [0.4, 0.5) is 5.82 Å². The van der Waals surface area contributed by atoms with Gasteiger partial charge in [0.25, 0.3) is 0 Å². The molecule has 0 amide bonds. The van der Waals surface area contributed by atoms with Gasteiger partial charge in [-0.15, -0.1) is 5.10 Å². The van der Waals surface area contributed by atoms with Crippen LogP contribution in [0, 0.1) is 0 Å². The normalized spacial score (nSPS) is 18.9. The zero-order valence-electron chi connectivity index (χ0n) is 12.4. The number of imidazole rings is 1. The van der Waals surface area contributed by atoms with Crippen LogP contribution >= 0.6 is 0 Å². The first kappa shape index (κ1) is 14.0. The molecule has 1 unspecified atom stereocenters. The van der Waals surface area contributed by atoms with Crippen molar-refractivity contribution in [1.29, 1.82) is 0 Å². The summed E-state index contributed by atoms with van der Waals surface area (Å²) in [7, 11) is 0. The molecule has 3 heterocycles. The molecular weight excluding hydrogens is 264 g/mol. The first-order valence-corrected chi connectivity index (χ1v) is 7.63. The fourth-order valence-electron chi connectivity index (χ4n) is 2.84. The zero-order valence-corrected chi connectivity index (χ0v) is 12.4. The van der Waals surface area contributed by atoms with Crippen molar-refractivity contribution in [3.05, 3.63) is 36.5 Å². The van der Waals surface area contributed by atoms with Gasteiger partial charge in [0.1, 0.15) is 5.82 Å². The number of anilines is 1. The molecule has 1 aliphatic rings. The maximum absolute atomic E-state index is 4.41. The molecule has 1 N–H and O–H groups in total. The molecule has 0 aromatic carbocycles. The minimum absolute atomic E-state index is 0.475. The number of piperidine rings is 1. The van der Waals surface area contributed by atoms with Crippen LogP contribution in [-0.2, 0) is 13.1 Å². The Hall–Kier alpha value is -1.95. The molecule has 2 aromatic heterocycles. The van der Waals surface area contributed by atoms with E-state index in [0.717, 1.165) is 37.8 Å². The van der Waals surface area contributed by atoms with Crippen LogP contribution in [0.15, 0.2) is 30.7 Å². The highest BCUT2D eigenvalue weighted by atomic mass is 15.3. The van der Waals surface area contributed by atoms with Crippen LogP contribution in [0.2, 0.25) is 0 Å². The maximum Gasteiger partial charge on any atom is 0.151 e. The molecule has 0 saturated carbocycles. The van der Waals surface area contributed by atoms with E-state index in [1.54, 1.807) is 6.20 Å². The van der Waals surface area contributed by atoms with E-state index < -0.39 is 0 Å². The number of hydrogen-bond donors (Lipinski definition) is 1. The second-order valence-corrected chi connectivity index (χ2v) is 5.38. The predicted molar refractivity (Wildman–Crippen MR) is 82.0 cm³/mol. The number of aryl methyl sites for hydroxylation is 1. The average Bonchev–Trinajstić information content (AvgIpc) is 3.01. The summed E-state index contributed by atoms with van der Waals surface area (Å²) in [6.07, 6.45) is 7.99. The van der Waals surface area contributed by atoms with E-state index in [2.05, 4.69) is 36.9 Å². The standard InChI is InChI=1S/C15H22N6/c1-2-20-10-8-16-15(20)11-17-13-5-4-9-21(12-13)14-6-3-7-18-19-14/h3,6-8,10,13,17H,2,4-5,9,11-12H2,1H3. The van der Waals surface area contributed by atoms with Crippen molar-refractivity contribution in [3.8, 4) is 0 Å². The second-order valence-electron chi connectivity index (χ2n) is 5.38. The van der Waals surface area contributed by atoms with E-state index in [-0.39, 0.29) is 0 Å². The van der Waals surface area contributed by atoms with Gasteiger partial charge < -0.3 is 14.8 Å². The van der Waals surface area contributed by atoms with Crippen LogP contribution in [0.5, 0.6) is 0 Å². The molecule has 112 valence electrons. The van der Waals surface area contributed by atoms with E-state index in [0.29, 0.717) is 6.04 Å². The molecule has 1 fully saturated rings. The van der Waals surface area contributed by atoms with Gasteiger partial charge in [-0.25, -0.2) is 4.98 Å². The highest BCUT2D eigenvalue weighted by molar-refractivity contribution is 5.37. The van der Waals surface area contributed by atoms with Gasteiger partial charge in [0.2, 0.25) is 0 Å². The largest absolute Gasteiger partial charge is 0.354 e. The van der Waals surface area contributed by atoms with Crippen LogP contribution in [-0.4, -0.2) is 38.9 Å². The third-order valence-electron chi connectivity index (χ3n) is 3.99. The fourth-order valence-corrected chi connectivity index (χ4v) is 2.84. The average molecular weight is 286 g/mol. The molecule has 1 atom stereocenters. The molecule has 0 spiro atoms. The third-order valence-corrected chi connectivity index (χ3v) is 3.99. The predicted octanol–water partition coefficient (Wildman–Crippen LogP) is 1.45. The van der Waals surface area contributed by atoms with Gasteiger partial charge in [0.05, 0.1) is 6.54 Å². The highest BCUT2D eigenvalue weighted by Gasteiger charge is 2.20. The molecule has 21 heavy (non-hydrogen) atoms. The number of rotatable bonds is 5. The van der Waals surface area contributed by atoms with Gasteiger partial charge >= 0.3 is 0 Å². The Bertz CT molecular complexity index is 552. The lowest BCUT2D eigenvalue weighted by Crippen LogP contribution is -2.46. The van der Waals surface area contributed by atoms with Crippen molar-refractivity contribution in [3.63, 3.8) is 0 Å². The zero-order chi connectivity index (χ0) is 14.5. The van der Waals surface area contributed by atoms with Crippen molar-refractivity contribution >= 4 is 5.82 Å². The van der Waals surface area contributed by atoms with E-state index in [1.807, 2.05) is 24.5 Å². The first-order valence-electron chi connectivity index (χ1n) is 7.63. The Kier molecular flexibility index (Phi) is 4.45. The highest BCUT2D eigenvalue weighted by Crippen LogP contribution is 2.16. The molecule has 0 bridgehead atoms. The number of hydrogen-bond acceptors (Lipinski definition) is 5. The Labute approximate surface area is 125 Å². The number of nitrogens with one attached hydrogen (secondary N) is 1. The second kappa shape index (κ2) is 6.67. The van der Waals surface area contributed by atoms with Crippen molar-refractivity contribution in [2.75, 3.05) is 18.0 Å². The quantitative estimate of drug-likeness (QED) is 0.901. The van der Waals surface area contributed by atoms with Gasteiger partial charge in [-0.2, -0.15) is 5.10 Å². The van der Waals surface area contributed by atoms with Gasteiger partial charge in [-0.05, 0) is 31.9 Å². The summed E-state index contributed by atoms with van der Waals surface area (Å²) in [6.45, 7) is 5.96. The third kappa shape index (κ3) is 3.39. The minimum atomic E-state index is 0.475. The minimum Gasteiger partial charge on any atom is -0.354 e. The molecule has 0 aliphatic carbocycles. The van der Waals surface area contributed by atoms with E-state index in [1.165, 1.54) is 12.8 Å². The maximum atomic E-state index is 4.41. The van der Waals surface area contributed by atoms with Crippen LogP contribution in [0.1, 0.15) is 25.6 Å². The summed E-state index contributed by atoms with van der Waals surface area (Å²) in [6, 6.07) is 4.44.